The van der Waals surface area contributed by atoms with Crippen molar-refractivity contribution in [2.24, 2.45) is 17.2 Å². The van der Waals surface area contributed by atoms with Gasteiger partial charge in [-0.3, -0.25) is 62.3 Å². The zero-order valence-electron chi connectivity index (χ0n) is 34.0. The second-order valence-corrected chi connectivity index (χ2v) is 14.6. The summed E-state index contributed by atoms with van der Waals surface area (Å²) in [7, 11) is 0. The van der Waals surface area contributed by atoms with Crippen LogP contribution in [-0.4, -0.2) is 109 Å². The number of carbonyl (C=O) groups excluding carboxylic acids is 7. The molecule has 0 unspecified atom stereocenters. The van der Waals surface area contributed by atoms with Gasteiger partial charge in [0, 0.05) is 23.5 Å². The number of rotatable bonds is 21. The van der Waals surface area contributed by atoms with E-state index >= 15 is 0 Å². The van der Waals surface area contributed by atoms with Crippen molar-refractivity contribution in [3.63, 3.8) is 0 Å². The molecular weight excluding hydrogens is 778 g/mol. The number of H-pyrrole nitrogens is 2. The van der Waals surface area contributed by atoms with Crippen molar-refractivity contribution in [2.75, 3.05) is 6.54 Å². The summed E-state index contributed by atoms with van der Waals surface area (Å²) in [6.45, 7) is 8.58. The number of carbonyl (C=O) groups is 7. The van der Waals surface area contributed by atoms with Gasteiger partial charge in [-0.2, -0.15) is 0 Å². The summed E-state index contributed by atoms with van der Waals surface area (Å²) in [6, 6.07) is -7.88. The molecule has 24 nitrogen and oxygen atoms in total. The van der Waals surface area contributed by atoms with Gasteiger partial charge in [0.2, 0.25) is 41.4 Å². The van der Waals surface area contributed by atoms with Crippen molar-refractivity contribution in [1.29, 1.82) is 0 Å². The van der Waals surface area contributed by atoms with E-state index in [0.29, 0.717) is 19.4 Å². The Hall–Kier alpha value is -6.43. The van der Waals surface area contributed by atoms with Crippen molar-refractivity contribution in [2.45, 2.75) is 123 Å². The van der Waals surface area contributed by atoms with Crippen LogP contribution in [0.5, 0.6) is 0 Å². The molecule has 59 heavy (non-hydrogen) atoms. The third-order valence-electron chi connectivity index (χ3n) is 8.92. The van der Waals surface area contributed by atoms with Gasteiger partial charge in [-0.1, -0.05) is 0 Å². The molecule has 0 aliphatic heterocycles. The van der Waals surface area contributed by atoms with Crippen molar-refractivity contribution in [3.8, 4) is 0 Å². The van der Waals surface area contributed by atoms with Crippen LogP contribution in [0.15, 0.2) is 31.6 Å². The highest BCUT2D eigenvalue weighted by Crippen LogP contribution is 2.07. The molecule has 2 aromatic rings. The number of hydrogen-bond donors (Lipinski definition) is 11. The Kier molecular flexibility index (Phi) is 17.6. The predicted octanol–water partition coefficient (Wildman–Crippen LogP) is -5.98. The van der Waals surface area contributed by atoms with E-state index in [0.717, 1.165) is 15.3 Å². The maximum absolute atomic E-state index is 13.7. The van der Waals surface area contributed by atoms with Crippen LogP contribution in [0.4, 0.5) is 0 Å². The van der Waals surface area contributed by atoms with E-state index in [2.05, 4.69) is 41.9 Å². The molecule has 326 valence electrons. The van der Waals surface area contributed by atoms with Gasteiger partial charge < -0.3 is 49.1 Å². The number of aromatic amines is 2. The summed E-state index contributed by atoms with van der Waals surface area (Å²) in [6.07, 6.45) is 3.58. The van der Waals surface area contributed by atoms with Crippen molar-refractivity contribution >= 4 is 41.4 Å². The Morgan fingerprint density at radius 2 is 1.10 bits per heavy atom. The normalized spacial score (nSPS) is 14.3. The Labute approximate surface area is 337 Å². The van der Waals surface area contributed by atoms with Crippen molar-refractivity contribution in [1.82, 2.24) is 51.0 Å². The van der Waals surface area contributed by atoms with Crippen LogP contribution in [0.1, 0.15) is 65.0 Å². The first-order chi connectivity index (χ1) is 27.4. The maximum atomic E-state index is 13.7. The molecule has 6 atom stereocenters. The fourth-order valence-corrected chi connectivity index (χ4v) is 5.24. The van der Waals surface area contributed by atoms with E-state index in [1.165, 1.54) is 54.7 Å². The van der Waals surface area contributed by atoms with Crippen LogP contribution in [0.2, 0.25) is 0 Å². The lowest BCUT2D eigenvalue weighted by Gasteiger charge is -2.30. The minimum Gasteiger partial charge on any atom is -0.368 e. The topological polar surface area (TPSA) is 379 Å². The number of primary amides is 1. The van der Waals surface area contributed by atoms with E-state index in [9.17, 15) is 52.7 Å². The zero-order chi connectivity index (χ0) is 44.9. The van der Waals surface area contributed by atoms with Crippen molar-refractivity contribution in [3.05, 3.63) is 65.2 Å². The average molecular weight is 834 g/mol. The predicted molar refractivity (Wildman–Crippen MR) is 211 cm³/mol. The van der Waals surface area contributed by atoms with Crippen LogP contribution in [0, 0.1) is 13.8 Å². The molecular formula is C35H55N13O11. The highest BCUT2D eigenvalue weighted by molar-refractivity contribution is 5.98. The zero-order valence-corrected chi connectivity index (χ0v) is 34.0. The molecule has 7 amide bonds. The second-order valence-electron chi connectivity index (χ2n) is 14.6. The number of aryl methyl sites for hydroxylation is 2. The molecule has 0 saturated carbocycles. The maximum Gasteiger partial charge on any atom is 0.328 e. The first kappa shape index (κ1) is 48.7. The third-order valence-corrected chi connectivity index (χ3v) is 8.92. The molecule has 2 rings (SSSR count). The number of nitrogens with two attached hydrogens (primary N) is 3. The molecule has 14 N–H and O–H groups in total. The smallest absolute Gasteiger partial charge is 0.328 e. The van der Waals surface area contributed by atoms with Gasteiger partial charge >= 0.3 is 11.4 Å². The summed E-state index contributed by atoms with van der Waals surface area (Å²) >= 11 is 0. The number of amides is 7. The Balaban J connectivity index is 2.29. The molecule has 0 radical (unpaired) electrons. The summed E-state index contributed by atoms with van der Waals surface area (Å²) < 4.78 is 1.92. The molecule has 2 aromatic heterocycles. The summed E-state index contributed by atoms with van der Waals surface area (Å²) in [5.41, 5.74) is 11.8. The van der Waals surface area contributed by atoms with Crippen molar-refractivity contribution < 1.29 is 33.6 Å². The quantitative estimate of drug-likeness (QED) is 0.0523. The average Bonchev–Trinajstić information content (AvgIpc) is 3.14. The third kappa shape index (κ3) is 14.5. The number of aromatic nitrogens is 4. The lowest BCUT2D eigenvalue weighted by atomic mass is 10.0. The standard InChI is InChI=1S/C35H55N13O11/c1-16-12-47(33(58)44-25(16)50)14-22(42-27(52)18(3)37)30(55)40-20(5)29(54)46-35(6,7)32(57)43-23(15-48-13-17(2)26(51)45-34(48)59)31(56)39-19(4)28(53)41-21(24(38)49)10-8-9-11-36/h12-13,18-23H,8-11,14-15,36-37H2,1-7H3,(H2,38,49)(H,39,56)(H,40,55)(H,41,53)(H,42,52)(H,43,57)(H,46,54)(H,44,50,58)(H,45,51,59)/t18-,19-,20-,21-,22-,23-/m0/s1. The molecule has 0 fully saturated rings. The van der Waals surface area contributed by atoms with E-state index in [-0.39, 0.29) is 17.5 Å². The minimum atomic E-state index is -1.83. The SMILES string of the molecule is Cc1cn(C[C@H](NC(=O)[C@H](C)N)C(=O)N[C@@H](C)C(=O)NC(C)(C)C(=O)N[C@@H](Cn2cc(C)c(=O)[nH]c2=O)C(=O)N[C@@H](C)C(=O)N[C@@H](CCCCN)C(N)=O)c(=O)[nH]c1=O. The molecule has 0 aliphatic rings. The highest BCUT2D eigenvalue weighted by Gasteiger charge is 2.36. The first-order valence-electron chi connectivity index (χ1n) is 18.6. The lowest BCUT2D eigenvalue weighted by molar-refractivity contribution is -0.137. The van der Waals surface area contributed by atoms with Gasteiger partial charge in [0.05, 0.1) is 19.1 Å². The number of nitrogens with one attached hydrogen (secondary N) is 8. The number of unbranched alkanes of at least 4 members (excludes halogenated alkanes) is 1. The Morgan fingerprint density at radius 1 is 0.661 bits per heavy atom. The van der Waals surface area contributed by atoms with Gasteiger partial charge in [0.25, 0.3) is 11.1 Å². The second kappa shape index (κ2) is 21.4. The van der Waals surface area contributed by atoms with Crippen LogP contribution in [0.3, 0.4) is 0 Å². The van der Waals surface area contributed by atoms with E-state index in [1.807, 2.05) is 0 Å². The van der Waals surface area contributed by atoms with E-state index < -0.39 is 119 Å². The molecule has 2 heterocycles. The Bertz CT molecular complexity index is 2140. The van der Waals surface area contributed by atoms with E-state index in [1.54, 1.807) is 0 Å². The lowest BCUT2D eigenvalue weighted by Crippen LogP contribution is -2.63. The molecule has 24 heteroatoms. The van der Waals surface area contributed by atoms with Crippen LogP contribution < -0.4 is 71.6 Å². The van der Waals surface area contributed by atoms with Crippen LogP contribution in [-0.2, 0) is 46.7 Å². The Morgan fingerprint density at radius 3 is 1.54 bits per heavy atom. The van der Waals surface area contributed by atoms with Gasteiger partial charge in [-0.15, -0.1) is 0 Å². The summed E-state index contributed by atoms with van der Waals surface area (Å²) in [5, 5.41) is 14.6. The van der Waals surface area contributed by atoms with E-state index in [4.69, 9.17) is 17.2 Å². The van der Waals surface area contributed by atoms with Crippen LogP contribution >= 0.6 is 0 Å². The summed E-state index contributed by atoms with van der Waals surface area (Å²) in [5.74, 6) is -6.17. The molecule has 0 aromatic carbocycles. The minimum absolute atomic E-state index is 0.0961. The van der Waals surface area contributed by atoms with Gasteiger partial charge in [-0.25, -0.2) is 9.59 Å². The largest absolute Gasteiger partial charge is 0.368 e. The van der Waals surface area contributed by atoms with Gasteiger partial charge in [-0.05, 0) is 74.3 Å². The highest BCUT2D eigenvalue weighted by atomic mass is 16.2. The molecule has 0 spiro atoms. The monoisotopic (exact) mass is 833 g/mol. The molecule has 0 bridgehead atoms. The number of hydrogen-bond acceptors (Lipinski definition) is 13. The van der Waals surface area contributed by atoms with Gasteiger partial charge in [0.15, 0.2) is 0 Å². The van der Waals surface area contributed by atoms with Crippen LogP contribution in [0.25, 0.3) is 0 Å². The van der Waals surface area contributed by atoms with Gasteiger partial charge in [0.1, 0.15) is 35.7 Å². The molecule has 0 saturated heterocycles. The fraction of sp³-hybridized carbons (Fsp3) is 0.571. The number of nitrogens with zero attached hydrogens (tertiary/aromatic N) is 2. The fourth-order valence-electron chi connectivity index (χ4n) is 5.24. The first-order valence-corrected chi connectivity index (χ1v) is 18.6. The summed E-state index contributed by atoms with van der Waals surface area (Å²) in [4.78, 5) is 145. The molecule has 0 aliphatic carbocycles.